The molecule has 1 fully saturated rings. The maximum absolute atomic E-state index is 15.3. The highest BCUT2D eigenvalue weighted by molar-refractivity contribution is 5.88. The van der Waals surface area contributed by atoms with Crippen LogP contribution in [0.2, 0.25) is 0 Å². The Morgan fingerprint density at radius 2 is 1.73 bits per heavy atom. The molecule has 0 saturated heterocycles. The Kier molecular flexibility index (Phi) is 9.55. The van der Waals surface area contributed by atoms with Crippen molar-refractivity contribution in [2.75, 3.05) is 13.6 Å². The highest BCUT2D eigenvalue weighted by Gasteiger charge is 2.23. The van der Waals surface area contributed by atoms with Crippen molar-refractivity contribution >= 4 is 16.7 Å². The topological polar surface area (TPSA) is 20.3 Å². The Hall–Kier alpha value is -2.94. The van der Waals surface area contributed by atoms with E-state index in [1.165, 1.54) is 68.6 Å². The summed E-state index contributed by atoms with van der Waals surface area (Å²) in [5.41, 5.74) is 4.01. The fourth-order valence-electron chi connectivity index (χ4n) is 5.89. The molecule has 0 spiro atoms. The number of benzene rings is 3. The van der Waals surface area contributed by atoms with Gasteiger partial charge in [0, 0.05) is 19.2 Å². The maximum Gasteiger partial charge on any atom is 0.245 e. The molecule has 1 aliphatic rings. The van der Waals surface area contributed by atoms with E-state index in [4.69, 9.17) is 0 Å². The molecular formula is C34H42FNO. The third-order valence-corrected chi connectivity index (χ3v) is 8.25. The number of carbonyl (C=O) groups is 1. The number of hydrogen-bond acceptors (Lipinski definition) is 1. The molecule has 3 aromatic carbocycles. The minimum atomic E-state index is -0.114. The lowest BCUT2D eigenvalue weighted by Gasteiger charge is -2.29. The van der Waals surface area contributed by atoms with Crippen molar-refractivity contribution in [2.24, 2.45) is 5.92 Å². The summed E-state index contributed by atoms with van der Waals surface area (Å²) in [6.45, 7) is 6.51. The van der Waals surface area contributed by atoms with Gasteiger partial charge >= 0.3 is 0 Å². The molecule has 1 aliphatic carbocycles. The molecule has 0 unspecified atom stereocenters. The molecular weight excluding hydrogens is 457 g/mol. The molecule has 1 amide bonds. The fraction of sp³-hybridized carbons (Fsp3) is 0.441. The van der Waals surface area contributed by atoms with Gasteiger partial charge in [0.15, 0.2) is 0 Å². The van der Waals surface area contributed by atoms with Crippen molar-refractivity contribution in [3.63, 3.8) is 0 Å². The molecule has 3 aromatic rings. The molecule has 1 saturated carbocycles. The largest absolute Gasteiger partial charge is 0.342 e. The second kappa shape index (κ2) is 13.0. The van der Waals surface area contributed by atoms with Crippen LogP contribution in [-0.4, -0.2) is 24.4 Å². The lowest BCUT2D eigenvalue weighted by atomic mass is 9.77. The first kappa shape index (κ1) is 27.1. The summed E-state index contributed by atoms with van der Waals surface area (Å²) in [6, 6.07) is 18.6. The summed E-state index contributed by atoms with van der Waals surface area (Å²) in [6.07, 6.45) is 13.5. The van der Waals surface area contributed by atoms with Crippen LogP contribution >= 0.6 is 0 Å². The van der Waals surface area contributed by atoms with E-state index in [0.29, 0.717) is 18.0 Å². The predicted molar refractivity (Wildman–Crippen MR) is 154 cm³/mol. The standard InChI is InChI=1S/C34H42FNO/c1-4-6-7-9-25-11-14-27(15-12-25)30-19-20-32(33(35)24-30)31-18-17-28-22-26(13-16-29(28)23-31)10-8-21-36(3)34(37)5-2/h5,13,16-20,22-25,27H,2,4,6-12,14-15,21H2,1,3H3. The molecule has 37 heavy (non-hydrogen) atoms. The lowest BCUT2D eigenvalue weighted by Crippen LogP contribution is -2.25. The number of nitrogens with zero attached hydrogens (tertiary/aromatic N) is 1. The number of hydrogen-bond donors (Lipinski definition) is 0. The second-order valence-corrected chi connectivity index (χ2v) is 10.9. The first-order valence-electron chi connectivity index (χ1n) is 14.2. The van der Waals surface area contributed by atoms with E-state index in [-0.39, 0.29) is 11.7 Å². The smallest absolute Gasteiger partial charge is 0.245 e. The van der Waals surface area contributed by atoms with Gasteiger partial charge in [-0.15, -0.1) is 0 Å². The zero-order valence-electron chi connectivity index (χ0n) is 22.6. The van der Waals surface area contributed by atoms with Gasteiger partial charge in [-0.25, -0.2) is 4.39 Å². The van der Waals surface area contributed by atoms with Gasteiger partial charge in [-0.3, -0.25) is 4.79 Å². The Labute approximate surface area is 222 Å². The van der Waals surface area contributed by atoms with Gasteiger partial charge in [-0.1, -0.05) is 81.7 Å². The molecule has 0 bridgehead atoms. The van der Waals surface area contributed by atoms with Gasteiger partial charge in [-0.05, 0) is 96.0 Å². The van der Waals surface area contributed by atoms with Crippen LogP contribution in [0.4, 0.5) is 4.39 Å². The molecule has 0 aromatic heterocycles. The van der Waals surface area contributed by atoms with E-state index >= 15 is 4.39 Å². The predicted octanol–water partition coefficient (Wildman–Crippen LogP) is 9.08. The van der Waals surface area contributed by atoms with Gasteiger partial charge < -0.3 is 4.90 Å². The van der Waals surface area contributed by atoms with E-state index in [0.717, 1.165) is 35.1 Å². The highest BCUT2D eigenvalue weighted by atomic mass is 19.1. The third kappa shape index (κ3) is 7.09. The van der Waals surface area contributed by atoms with Crippen molar-refractivity contribution in [1.29, 1.82) is 0 Å². The monoisotopic (exact) mass is 499 g/mol. The zero-order valence-corrected chi connectivity index (χ0v) is 22.6. The Morgan fingerprint density at radius 3 is 2.46 bits per heavy atom. The van der Waals surface area contributed by atoms with Crippen molar-refractivity contribution in [3.8, 4) is 11.1 Å². The maximum atomic E-state index is 15.3. The van der Waals surface area contributed by atoms with Crippen molar-refractivity contribution in [2.45, 2.75) is 77.0 Å². The van der Waals surface area contributed by atoms with Gasteiger partial charge in [0.2, 0.25) is 5.91 Å². The van der Waals surface area contributed by atoms with Crippen LogP contribution in [0.3, 0.4) is 0 Å². The second-order valence-electron chi connectivity index (χ2n) is 10.9. The minimum Gasteiger partial charge on any atom is -0.342 e. The van der Waals surface area contributed by atoms with Crippen LogP contribution in [0, 0.1) is 11.7 Å². The van der Waals surface area contributed by atoms with Gasteiger partial charge in [0.25, 0.3) is 0 Å². The SMILES string of the molecule is C=CC(=O)N(C)CCCc1ccc2cc(-c3ccc(C4CCC(CCCCC)CC4)cc3F)ccc2c1. The first-order chi connectivity index (χ1) is 18.0. The number of fused-ring (bicyclic) bond motifs is 1. The number of carbonyl (C=O) groups excluding carboxylic acids is 1. The number of unbranched alkanes of at least 4 members (excludes halogenated alkanes) is 2. The minimum absolute atomic E-state index is 0.0449. The number of halogens is 1. The van der Waals surface area contributed by atoms with Crippen molar-refractivity contribution in [3.05, 3.63) is 84.2 Å². The molecule has 0 heterocycles. The molecule has 3 heteroatoms. The Morgan fingerprint density at radius 1 is 0.973 bits per heavy atom. The summed E-state index contributed by atoms with van der Waals surface area (Å²) in [4.78, 5) is 13.3. The van der Waals surface area contributed by atoms with Gasteiger partial charge in [0.1, 0.15) is 5.82 Å². The van der Waals surface area contributed by atoms with E-state index in [1.54, 1.807) is 18.0 Å². The summed E-state index contributed by atoms with van der Waals surface area (Å²) in [5.74, 6) is 1.21. The highest BCUT2D eigenvalue weighted by Crippen LogP contribution is 2.39. The van der Waals surface area contributed by atoms with E-state index in [1.807, 2.05) is 12.1 Å². The number of likely N-dealkylation sites (N-methyl/N-ethyl adjacent to an activating group) is 1. The summed E-state index contributed by atoms with van der Waals surface area (Å²) in [5, 5.41) is 2.27. The molecule has 196 valence electrons. The fourth-order valence-corrected chi connectivity index (χ4v) is 5.89. The normalized spacial score (nSPS) is 17.6. The molecule has 2 nitrogen and oxygen atoms in total. The molecule has 4 rings (SSSR count). The van der Waals surface area contributed by atoms with Crippen LogP contribution in [0.15, 0.2) is 67.3 Å². The van der Waals surface area contributed by atoms with Crippen molar-refractivity contribution in [1.82, 2.24) is 4.90 Å². The third-order valence-electron chi connectivity index (χ3n) is 8.25. The average Bonchev–Trinajstić information content (AvgIpc) is 2.92. The molecule has 0 atom stereocenters. The summed E-state index contributed by atoms with van der Waals surface area (Å²) in [7, 11) is 1.80. The molecule has 0 radical (unpaired) electrons. The van der Waals surface area contributed by atoms with Crippen molar-refractivity contribution < 1.29 is 9.18 Å². The van der Waals surface area contributed by atoms with E-state index in [2.05, 4.69) is 49.9 Å². The number of amides is 1. The molecule has 0 aliphatic heterocycles. The Bertz CT molecular complexity index is 1210. The molecule has 0 N–H and O–H groups in total. The van der Waals surface area contributed by atoms with Crippen LogP contribution < -0.4 is 0 Å². The summed E-state index contributed by atoms with van der Waals surface area (Å²) >= 11 is 0. The average molecular weight is 500 g/mol. The van der Waals surface area contributed by atoms with E-state index < -0.39 is 0 Å². The van der Waals surface area contributed by atoms with E-state index in [9.17, 15) is 4.79 Å². The van der Waals surface area contributed by atoms with Gasteiger partial charge in [0.05, 0.1) is 0 Å². The van der Waals surface area contributed by atoms with Gasteiger partial charge in [-0.2, -0.15) is 0 Å². The van der Waals surface area contributed by atoms with Crippen LogP contribution in [-0.2, 0) is 11.2 Å². The quantitative estimate of drug-likeness (QED) is 0.190. The first-order valence-corrected chi connectivity index (χ1v) is 14.2. The van der Waals surface area contributed by atoms with Crippen LogP contribution in [0.5, 0.6) is 0 Å². The van der Waals surface area contributed by atoms with Crippen LogP contribution in [0.25, 0.3) is 21.9 Å². The Balaban J connectivity index is 1.38. The number of aryl methyl sites for hydroxylation is 1. The number of rotatable bonds is 11. The van der Waals surface area contributed by atoms with Crippen LogP contribution in [0.1, 0.15) is 81.8 Å². The lowest BCUT2D eigenvalue weighted by molar-refractivity contribution is -0.124. The summed E-state index contributed by atoms with van der Waals surface area (Å²) < 4.78 is 15.3. The zero-order chi connectivity index (χ0) is 26.2.